The minimum Gasteiger partial charge on any atom is -0.287 e. The van der Waals surface area contributed by atoms with Crippen molar-refractivity contribution >= 4 is 32.6 Å². The average molecular weight is 327 g/mol. The van der Waals surface area contributed by atoms with Crippen molar-refractivity contribution in [2.24, 2.45) is 0 Å². The third-order valence-corrected chi connectivity index (χ3v) is 3.75. The Morgan fingerprint density at radius 2 is 1.80 bits per heavy atom. The van der Waals surface area contributed by atoms with Gasteiger partial charge in [0.05, 0.1) is 0 Å². The number of hydrogen-bond acceptors (Lipinski definition) is 1. The third-order valence-electron chi connectivity index (χ3n) is 3.25. The molecule has 0 radical (unpaired) electrons. The lowest BCUT2D eigenvalue weighted by atomic mass is 10.1. The van der Waals surface area contributed by atoms with Crippen LogP contribution in [0.15, 0.2) is 71.3 Å². The number of Topliss-reactive ketones (excluding diaryl/α,β-unsaturated/α-hetero) is 1. The van der Waals surface area contributed by atoms with Crippen molar-refractivity contribution in [2.45, 2.75) is 6.54 Å². The molecular formula is C17H13BrNO+. The van der Waals surface area contributed by atoms with Crippen molar-refractivity contribution in [3.8, 4) is 0 Å². The first-order chi connectivity index (χ1) is 9.74. The van der Waals surface area contributed by atoms with Crippen LogP contribution in [-0.4, -0.2) is 5.78 Å². The first-order valence-electron chi connectivity index (χ1n) is 6.40. The SMILES string of the molecule is O=C(C[n+]1cccc2ccc(Br)cc21)c1ccccc1. The van der Waals surface area contributed by atoms with Crippen LogP contribution in [-0.2, 0) is 6.54 Å². The lowest BCUT2D eigenvalue weighted by Crippen LogP contribution is -2.38. The van der Waals surface area contributed by atoms with E-state index in [1.165, 1.54) is 0 Å². The summed E-state index contributed by atoms with van der Waals surface area (Å²) in [7, 11) is 0. The van der Waals surface area contributed by atoms with Gasteiger partial charge in [-0.25, -0.2) is 0 Å². The number of halogens is 1. The molecule has 0 saturated carbocycles. The maximum atomic E-state index is 12.3. The molecule has 98 valence electrons. The van der Waals surface area contributed by atoms with Crippen LogP contribution in [0.4, 0.5) is 0 Å². The molecule has 0 aliphatic carbocycles. The fourth-order valence-electron chi connectivity index (χ4n) is 2.25. The highest BCUT2D eigenvalue weighted by Crippen LogP contribution is 2.16. The van der Waals surface area contributed by atoms with Crippen LogP contribution in [0.2, 0.25) is 0 Å². The molecule has 0 unspecified atom stereocenters. The predicted molar refractivity (Wildman–Crippen MR) is 82.6 cm³/mol. The largest absolute Gasteiger partial charge is 0.287 e. The molecule has 1 heterocycles. The molecular weight excluding hydrogens is 314 g/mol. The normalized spacial score (nSPS) is 10.7. The first-order valence-corrected chi connectivity index (χ1v) is 7.19. The molecule has 0 fully saturated rings. The van der Waals surface area contributed by atoms with Crippen LogP contribution in [0.5, 0.6) is 0 Å². The van der Waals surface area contributed by atoms with E-state index in [9.17, 15) is 4.79 Å². The molecule has 3 aromatic rings. The summed E-state index contributed by atoms with van der Waals surface area (Å²) in [5, 5.41) is 1.12. The number of nitrogens with zero attached hydrogens (tertiary/aromatic N) is 1. The van der Waals surface area contributed by atoms with Gasteiger partial charge in [0.15, 0.2) is 6.20 Å². The average Bonchev–Trinajstić information content (AvgIpc) is 2.49. The third kappa shape index (κ3) is 2.63. The van der Waals surface area contributed by atoms with E-state index in [4.69, 9.17) is 0 Å². The number of hydrogen-bond donors (Lipinski definition) is 0. The zero-order valence-corrected chi connectivity index (χ0v) is 12.4. The van der Waals surface area contributed by atoms with E-state index in [1.807, 2.05) is 71.4 Å². The quantitative estimate of drug-likeness (QED) is 0.530. The lowest BCUT2D eigenvalue weighted by Gasteiger charge is -2.02. The number of aromatic nitrogens is 1. The molecule has 0 bridgehead atoms. The van der Waals surface area contributed by atoms with Gasteiger partial charge in [0.1, 0.15) is 0 Å². The van der Waals surface area contributed by atoms with Crippen LogP contribution >= 0.6 is 15.9 Å². The van der Waals surface area contributed by atoms with Crippen molar-refractivity contribution < 1.29 is 9.36 Å². The van der Waals surface area contributed by atoms with E-state index in [-0.39, 0.29) is 5.78 Å². The Kier molecular flexibility index (Phi) is 3.61. The summed E-state index contributed by atoms with van der Waals surface area (Å²) in [5.74, 6) is 0.114. The molecule has 1 aromatic heterocycles. The second-order valence-electron chi connectivity index (χ2n) is 4.63. The molecule has 0 saturated heterocycles. The Morgan fingerprint density at radius 3 is 2.60 bits per heavy atom. The van der Waals surface area contributed by atoms with E-state index >= 15 is 0 Å². The smallest absolute Gasteiger partial charge is 0.227 e. The summed E-state index contributed by atoms with van der Waals surface area (Å²) in [6.45, 7) is 0.345. The molecule has 0 aliphatic rings. The van der Waals surface area contributed by atoms with E-state index in [0.29, 0.717) is 6.54 Å². The van der Waals surface area contributed by atoms with Crippen molar-refractivity contribution in [1.82, 2.24) is 0 Å². The summed E-state index contributed by atoms with van der Waals surface area (Å²) in [6.07, 6.45) is 1.94. The summed E-state index contributed by atoms with van der Waals surface area (Å²) in [5.41, 5.74) is 1.79. The molecule has 3 rings (SSSR count). The van der Waals surface area contributed by atoms with Crippen LogP contribution in [0.25, 0.3) is 10.9 Å². The van der Waals surface area contributed by atoms with Crippen molar-refractivity contribution in [2.75, 3.05) is 0 Å². The number of rotatable bonds is 3. The fourth-order valence-corrected chi connectivity index (χ4v) is 2.59. The van der Waals surface area contributed by atoms with Crippen molar-refractivity contribution in [3.05, 3.63) is 76.9 Å². The van der Waals surface area contributed by atoms with Crippen molar-refractivity contribution in [1.29, 1.82) is 0 Å². The molecule has 0 amide bonds. The summed E-state index contributed by atoms with van der Waals surface area (Å²) in [4.78, 5) is 12.3. The Balaban J connectivity index is 1.99. The number of benzene rings is 2. The zero-order chi connectivity index (χ0) is 13.9. The lowest BCUT2D eigenvalue weighted by molar-refractivity contribution is -0.657. The Bertz CT molecular complexity index is 768. The minimum atomic E-state index is 0.114. The van der Waals surface area contributed by atoms with E-state index < -0.39 is 0 Å². The Labute approximate surface area is 125 Å². The van der Waals surface area contributed by atoms with Gasteiger partial charge in [-0.2, -0.15) is 4.57 Å². The van der Waals surface area contributed by atoms with Crippen LogP contribution < -0.4 is 4.57 Å². The van der Waals surface area contributed by atoms with Crippen molar-refractivity contribution in [3.63, 3.8) is 0 Å². The highest BCUT2D eigenvalue weighted by atomic mass is 79.9. The molecule has 20 heavy (non-hydrogen) atoms. The number of carbonyl (C=O) groups is 1. The highest BCUT2D eigenvalue weighted by Gasteiger charge is 2.15. The standard InChI is InChI=1S/C17H13BrNO/c18-15-9-8-13-7-4-10-19(16(13)11-15)12-17(20)14-5-2-1-3-6-14/h1-11H,12H2/q+1. The maximum Gasteiger partial charge on any atom is 0.227 e. The molecule has 0 spiro atoms. The Hall–Kier alpha value is -2.00. The second-order valence-corrected chi connectivity index (χ2v) is 5.54. The molecule has 2 nitrogen and oxygen atoms in total. The molecule has 0 atom stereocenters. The number of carbonyl (C=O) groups excluding carboxylic acids is 1. The van der Waals surface area contributed by atoms with Gasteiger partial charge in [-0.3, -0.25) is 4.79 Å². The molecule has 0 N–H and O–H groups in total. The first kappa shape index (κ1) is 13.0. The number of ketones is 1. The van der Waals surface area contributed by atoms with E-state index in [2.05, 4.69) is 15.9 Å². The Morgan fingerprint density at radius 1 is 1.00 bits per heavy atom. The summed E-state index contributed by atoms with van der Waals surface area (Å²) in [6, 6.07) is 19.5. The van der Waals surface area contributed by atoms with Gasteiger partial charge in [0.25, 0.3) is 0 Å². The second kappa shape index (κ2) is 5.55. The summed E-state index contributed by atoms with van der Waals surface area (Å²) >= 11 is 3.48. The zero-order valence-electron chi connectivity index (χ0n) is 10.8. The van der Waals surface area contributed by atoms with Crippen LogP contribution in [0.1, 0.15) is 10.4 Å². The van der Waals surface area contributed by atoms with Gasteiger partial charge < -0.3 is 0 Å². The van der Waals surface area contributed by atoms with Gasteiger partial charge in [-0.15, -0.1) is 0 Å². The van der Waals surface area contributed by atoms with E-state index in [1.54, 1.807) is 0 Å². The van der Waals surface area contributed by atoms with Gasteiger partial charge in [-0.1, -0.05) is 46.3 Å². The summed E-state index contributed by atoms with van der Waals surface area (Å²) < 4.78 is 2.99. The molecule has 0 aliphatic heterocycles. The predicted octanol–water partition coefficient (Wildman–Crippen LogP) is 3.77. The highest BCUT2D eigenvalue weighted by molar-refractivity contribution is 9.10. The van der Waals surface area contributed by atoms with E-state index in [0.717, 1.165) is 20.9 Å². The van der Waals surface area contributed by atoms with Gasteiger partial charge >= 0.3 is 0 Å². The molecule has 2 aromatic carbocycles. The minimum absolute atomic E-state index is 0.114. The topological polar surface area (TPSA) is 20.9 Å². The van der Waals surface area contributed by atoms with Gasteiger partial charge in [0, 0.05) is 27.6 Å². The van der Waals surface area contributed by atoms with Crippen LogP contribution in [0, 0.1) is 0 Å². The maximum absolute atomic E-state index is 12.3. The monoisotopic (exact) mass is 326 g/mol. The number of fused-ring (bicyclic) bond motifs is 1. The number of pyridine rings is 1. The van der Waals surface area contributed by atoms with Crippen LogP contribution in [0.3, 0.4) is 0 Å². The van der Waals surface area contributed by atoms with Gasteiger partial charge in [-0.05, 0) is 18.2 Å². The fraction of sp³-hybridized carbons (Fsp3) is 0.0588. The molecule has 3 heteroatoms. The van der Waals surface area contributed by atoms with Gasteiger partial charge in [0.2, 0.25) is 17.8 Å².